The number of benzene rings is 1. The zero-order chi connectivity index (χ0) is 14.8. The Morgan fingerprint density at radius 2 is 2.10 bits per heavy atom. The van der Waals surface area contributed by atoms with Crippen LogP contribution in [0.1, 0.15) is 28.1 Å². The van der Waals surface area contributed by atoms with E-state index in [0.29, 0.717) is 0 Å². The first-order chi connectivity index (χ1) is 10.2. The van der Waals surface area contributed by atoms with Gasteiger partial charge >= 0.3 is 0 Å². The summed E-state index contributed by atoms with van der Waals surface area (Å²) in [5.41, 5.74) is 3.80. The molecule has 0 saturated carbocycles. The summed E-state index contributed by atoms with van der Waals surface area (Å²) in [5, 5.41) is 5.92. The van der Waals surface area contributed by atoms with E-state index in [0.717, 1.165) is 25.3 Å². The fourth-order valence-corrected chi connectivity index (χ4v) is 3.52. The highest BCUT2D eigenvalue weighted by Gasteiger charge is 2.08. The van der Waals surface area contributed by atoms with E-state index in [2.05, 4.69) is 66.1 Å². The van der Waals surface area contributed by atoms with E-state index >= 15 is 0 Å². The van der Waals surface area contributed by atoms with E-state index in [-0.39, 0.29) is 0 Å². The summed E-state index contributed by atoms with van der Waals surface area (Å²) in [7, 11) is 0. The third-order valence-corrected chi connectivity index (χ3v) is 4.91. The molecule has 21 heavy (non-hydrogen) atoms. The van der Waals surface area contributed by atoms with Crippen molar-refractivity contribution in [1.29, 1.82) is 0 Å². The number of thiazole rings is 1. The highest BCUT2D eigenvalue weighted by molar-refractivity contribution is 7.11. The summed E-state index contributed by atoms with van der Waals surface area (Å²) in [6, 6.07) is 8.75. The maximum atomic E-state index is 4.65. The zero-order valence-electron chi connectivity index (χ0n) is 12.8. The number of aromatic nitrogens is 2. The van der Waals surface area contributed by atoms with Gasteiger partial charge in [0.25, 0.3) is 0 Å². The molecule has 0 atom stereocenters. The number of aryl methyl sites for hydroxylation is 2. The molecule has 1 aromatic carbocycles. The smallest absolute Gasteiger partial charge is 0.113 e. The lowest BCUT2D eigenvalue weighted by Gasteiger charge is -2.06. The lowest BCUT2D eigenvalue weighted by molar-refractivity contribution is 0.730. The fourth-order valence-electron chi connectivity index (χ4n) is 2.59. The van der Waals surface area contributed by atoms with Crippen molar-refractivity contribution >= 4 is 22.2 Å². The number of nitrogens with zero attached hydrogens (tertiary/aromatic N) is 2. The van der Waals surface area contributed by atoms with Crippen molar-refractivity contribution in [3.05, 3.63) is 51.6 Å². The minimum Gasteiger partial charge on any atom is -0.341 e. The van der Waals surface area contributed by atoms with Crippen LogP contribution in [0.5, 0.6) is 0 Å². The van der Waals surface area contributed by atoms with Crippen LogP contribution in [-0.2, 0) is 13.1 Å². The minimum absolute atomic E-state index is 0.855. The fraction of sp³-hybridized carbons (Fsp3) is 0.353. The molecule has 0 bridgehead atoms. The Morgan fingerprint density at radius 1 is 1.24 bits per heavy atom. The van der Waals surface area contributed by atoms with E-state index in [9.17, 15) is 0 Å². The Labute approximate surface area is 129 Å². The number of nitrogens with one attached hydrogen (secondary N) is 1. The molecule has 0 unspecified atom stereocenters. The Bertz CT molecular complexity index is 735. The van der Waals surface area contributed by atoms with Crippen LogP contribution in [0.3, 0.4) is 0 Å². The molecule has 0 aliphatic carbocycles. The standard InChI is InChI=1S/C17H21N3S/c1-4-18-10-14-6-5-7-16-15(14)8-9-20(16)11-17-19-12(2)13(3)21-17/h5-9,18H,4,10-11H2,1-3H3. The van der Waals surface area contributed by atoms with Gasteiger partial charge < -0.3 is 9.88 Å². The van der Waals surface area contributed by atoms with E-state index < -0.39 is 0 Å². The van der Waals surface area contributed by atoms with Gasteiger partial charge in [-0.3, -0.25) is 0 Å². The Kier molecular flexibility index (Phi) is 4.08. The molecule has 1 N–H and O–H groups in total. The van der Waals surface area contributed by atoms with Gasteiger partial charge in [-0.2, -0.15) is 0 Å². The van der Waals surface area contributed by atoms with Crippen molar-refractivity contribution in [1.82, 2.24) is 14.9 Å². The predicted molar refractivity (Wildman–Crippen MR) is 90.0 cm³/mol. The van der Waals surface area contributed by atoms with Gasteiger partial charge in [0.15, 0.2) is 0 Å². The van der Waals surface area contributed by atoms with Gasteiger partial charge in [-0.25, -0.2) is 4.98 Å². The van der Waals surface area contributed by atoms with Crippen LogP contribution < -0.4 is 5.32 Å². The SMILES string of the molecule is CCNCc1cccc2c1ccn2Cc1nc(C)c(C)s1. The van der Waals surface area contributed by atoms with Crippen LogP contribution in [0.25, 0.3) is 10.9 Å². The monoisotopic (exact) mass is 299 g/mol. The minimum atomic E-state index is 0.855. The third kappa shape index (κ3) is 2.87. The van der Waals surface area contributed by atoms with Gasteiger partial charge in [0.2, 0.25) is 0 Å². The summed E-state index contributed by atoms with van der Waals surface area (Å²) in [4.78, 5) is 5.96. The van der Waals surface area contributed by atoms with Crippen LogP contribution in [-0.4, -0.2) is 16.1 Å². The number of rotatable bonds is 5. The lowest BCUT2D eigenvalue weighted by atomic mass is 10.1. The summed E-state index contributed by atoms with van der Waals surface area (Å²) < 4.78 is 2.29. The average molecular weight is 299 g/mol. The van der Waals surface area contributed by atoms with Crippen LogP contribution in [0.15, 0.2) is 30.5 Å². The lowest BCUT2D eigenvalue weighted by Crippen LogP contribution is -2.11. The predicted octanol–water partition coefficient (Wildman–Crippen LogP) is 3.87. The summed E-state index contributed by atoms with van der Waals surface area (Å²) in [5.74, 6) is 0. The van der Waals surface area contributed by atoms with Crippen LogP contribution in [0, 0.1) is 13.8 Å². The second kappa shape index (κ2) is 6.00. The molecule has 0 saturated heterocycles. The molecule has 2 aromatic heterocycles. The normalized spacial score (nSPS) is 11.4. The molecule has 110 valence electrons. The van der Waals surface area contributed by atoms with Gasteiger partial charge in [0, 0.05) is 28.5 Å². The second-order valence-corrected chi connectivity index (χ2v) is 6.61. The van der Waals surface area contributed by atoms with E-state index in [4.69, 9.17) is 0 Å². The van der Waals surface area contributed by atoms with Gasteiger partial charge in [-0.15, -0.1) is 11.3 Å². The van der Waals surface area contributed by atoms with Crippen LogP contribution in [0.4, 0.5) is 0 Å². The number of hydrogen-bond acceptors (Lipinski definition) is 3. The van der Waals surface area contributed by atoms with Crippen LogP contribution >= 0.6 is 11.3 Å². The molecule has 0 spiro atoms. The van der Waals surface area contributed by atoms with E-state index in [1.807, 2.05) is 0 Å². The van der Waals surface area contributed by atoms with Crippen molar-refractivity contribution < 1.29 is 0 Å². The molecule has 0 aliphatic rings. The Morgan fingerprint density at radius 3 is 2.81 bits per heavy atom. The van der Waals surface area contributed by atoms with E-state index in [1.165, 1.54) is 26.4 Å². The van der Waals surface area contributed by atoms with Crippen molar-refractivity contribution in [3.63, 3.8) is 0 Å². The molecule has 0 radical (unpaired) electrons. The van der Waals surface area contributed by atoms with E-state index in [1.54, 1.807) is 11.3 Å². The molecule has 0 amide bonds. The topological polar surface area (TPSA) is 29.9 Å². The number of hydrogen-bond donors (Lipinski definition) is 1. The molecule has 4 heteroatoms. The molecule has 3 nitrogen and oxygen atoms in total. The first kappa shape index (κ1) is 14.3. The van der Waals surface area contributed by atoms with Crippen LogP contribution in [0.2, 0.25) is 0 Å². The molecule has 3 aromatic rings. The molecule has 0 fully saturated rings. The van der Waals surface area contributed by atoms with Gasteiger partial charge in [-0.1, -0.05) is 19.1 Å². The molecule has 3 rings (SSSR count). The van der Waals surface area contributed by atoms with Gasteiger partial charge in [0.05, 0.1) is 12.2 Å². The zero-order valence-corrected chi connectivity index (χ0v) is 13.6. The molecular formula is C17H21N3S. The largest absolute Gasteiger partial charge is 0.341 e. The number of fused-ring (bicyclic) bond motifs is 1. The van der Waals surface area contributed by atoms with Gasteiger partial charge in [0.1, 0.15) is 5.01 Å². The van der Waals surface area contributed by atoms with Gasteiger partial charge in [-0.05, 0) is 38.1 Å². The Hall–Kier alpha value is -1.65. The Balaban J connectivity index is 1.93. The highest BCUT2D eigenvalue weighted by atomic mass is 32.1. The first-order valence-corrected chi connectivity index (χ1v) is 8.21. The van der Waals surface area contributed by atoms with Crippen molar-refractivity contribution in [3.8, 4) is 0 Å². The second-order valence-electron chi connectivity index (χ2n) is 5.32. The van der Waals surface area contributed by atoms with Crippen molar-refractivity contribution in [2.24, 2.45) is 0 Å². The highest BCUT2D eigenvalue weighted by Crippen LogP contribution is 2.23. The summed E-state index contributed by atoms with van der Waals surface area (Å²) in [6.07, 6.45) is 2.17. The first-order valence-electron chi connectivity index (χ1n) is 7.39. The molecular weight excluding hydrogens is 278 g/mol. The maximum Gasteiger partial charge on any atom is 0.113 e. The van der Waals surface area contributed by atoms with Crippen molar-refractivity contribution in [2.45, 2.75) is 33.9 Å². The summed E-state index contributed by atoms with van der Waals surface area (Å²) >= 11 is 1.79. The quantitative estimate of drug-likeness (QED) is 0.775. The molecule has 2 heterocycles. The van der Waals surface area contributed by atoms with Crippen molar-refractivity contribution in [2.75, 3.05) is 6.54 Å². The maximum absolute atomic E-state index is 4.65. The third-order valence-electron chi connectivity index (χ3n) is 3.85. The molecule has 0 aliphatic heterocycles. The average Bonchev–Trinajstić information content (AvgIpc) is 3.02. The summed E-state index contributed by atoms with van der Waals surface area (Å²) in [6.45, 7) is 9.13.